The number of urea groups is 1. The van der Waals surface area contributed by atoms with E-state index in [0.717, 1.165) is 16.3 Å². The Kier molecular flexibility index (Phi) is 6.12. The Hall–Kier alpha value is -1.92. The van der Waals surface area contributed by atoms with Crippen molar-refractivity contribution in [3.63, 3.8) is 0 Å². The summed E-state index contributed by atoms with van der Waals surface area (Å²) in [6.07, 6.45) is -0.548. The summed E-state index contributed by atoms with van der Waals surface area (Å²) >= 11 is 1.53. The first-order valence-corrected chi connectivity index (χ1v) is 8.57. The van der Waals surface area contributed by atoms with Crippen LogP contribution in [0.15, 0.2) is 35.7 Å². The van der Waals surface area contributed by atoms with Gasteiger partial charge in [0.1, 0.15) is 5.01 Å². The zero-order valence-corrected chi connectivity index (χ0v) is 14.5. The average Bonchev–Trinajstić information content (AvgIpc) is 2.99. The van der Waals surface area contributed by atoms with Crippen molar-refractivity contribution in [3.05, 3.63) is 40.7 Å². The highest BCUT2D eigenvalue weighted by atomic mass is 32.1. The van der Waals surface area contributed by atoms with Crippen LogP contribution >= 0.6 is 11.3 Å². The zero-order chi connectivity index (χ0) is 16.8. The number of nitrogens with one attached hydrogen (secondary N) is 1. The lowest BCUT2D eigenvalue weighted by atomic mass is 10.2. The molecular weight excluding hydrogens is 310 g/mol. The van der Waals surface area contributed by atoms with Gasteiger partial charge in [0.15, 0.2) is 0 Å². The van der Waals surface area contributed by atoms with Gasteiger partial charge in [0.25, 0.3) is 0 Å². The number of carbonyl (C=O) groups is 1. The van der Waals surface area contributed by atoms with Gasteiger partial charge in [0.2, 0.25) is 0 Å². The highest BCUT2D eigenvalue weighted by molar-refractivity contribution is 7.09. The number of rotatable bonds is 6. The number of nitrogens with zero attached hydrogens (tertiary/aromatic N) is 2. The molecule has 0 aliphatic carbocycles. The van der Waals surface area contributed by atoms with Crippen molar-refractivity contribution in [1.29, 1.82) is 0 Å². The van der Waals surface area contributed by atoms with Crippen LogP contribution < -0.4 is 5.32 Å². The summed E-state index contributed by atoms with van der Waals surface area (Å²) in [6.45, 7) is 6.24. The quantitative estimate of drug-likeness (QED) is 0.853. The molecule has 0 bridgehead atoms. The lowest BCUT2D eigenvalue weighted by Gasteiger charge is -2.27. The second-order valence-corrected chi connectivity index (χ2v) is 6.69. The van der Waals surface area contributed by atoms with E-state index in [2.05, 4.69) is 10.3 Å². The van der Waals surface area contributed by atoms with Gasteiger partial charge in [-0.2, -0.15) is 0 Å². The topological polar surface area (TPSA) is 65.5 Å². The summed E-state index contributed by atoms with van der Waals surface area (Å²) in [5.74, 6) is 0. The van der Waals surface area contributed by atoms with Gasteiger partial charge in [-0.3, -0.25) is 0 Å². The second-order valence-electron chi connectivity index (χ2n) is 5.75. The third-order valence-electron chi connectivity index (χ3n) is 3.36. The van der Waals surface area contributed by atoms with Gasteiger partial charge >= 0.3 is 6.03 Å². The molecule has 0 radical (unpaired) electrons. The molecule has 1 unspecified atom stereocenters. The molecule has 1 heterocycles. The van der Waals surface area contributed by atoms with Gasteiger partial charge in [0.05, 0.1) is 18.3 Å². The van der Waals surface area contributed by atoms with Gasteiger partial charge in [-0.05, 0) is 20.8 Å². The van der Waals surface area contributed by atoms with E-state index in [4.69, 9.17) is 0 Å². The normalized spacial score (nSPS) is 12.2. The van der Waals surface area contributed by atoms with Crippen LogP contribution in [0.4, 0.5) is 4.79 Å². The third kappa shape index (κ3) is 5.04. The van der Waals surface area contributed by atoms with Crippen molar-refractivity contribution in [2.24, 2.45) is 0 Å². The van der Waals surface area contributed by atoms with E-state index < -0.39 is 6.10 Å². The standard InChI is InChI=1S/C17H23N3O2S/c1-12(2)20(10-13(3)21)17(22)18-9-16-19-15(11-23-16)14-7-5-4-6-8-14/h4-8,11-13,21H,9-10H2,1-3H3,(H,18,22). The Morgan fingerprint density at radius 3 is 2.61 bits per heavy atom. The van der Waals surface area contributed by atoms with E-state index in [1.165, 1.54) is 11.3 Å². The molecular formula is C17H23N3O2S. The fourth-order valence-corrected chi connectivity index (χ4v) is 2.94. The van der Waals surface area contributed by atoms with Crippen LogP contribution in [0.3, 0.4) is 0 Å². The van der Waals surface area contributed by atoms with Crippen LogP contribution in [0.25, 0.3) is 11.3 Å². The lowest BCUT2D eigenvalue weighted by Crippen LogP contribution is -2.46. The number of hydrogen-bond acceptors (Lipinski definition) is 4. The number of aliphatic hydroxyl groups is 1. The van der Waals surface area contributed by atoms with Crippen molar-refractivity contribution in [2.75, 3.05) is 6.54 Å². The first-order chi connectivity index (χ1) is 11.0. The van der Waals surface area contributed by atoms with Crippen LogP contribution in [-0.2, 0) is 6.54 Å². The predicted molar refractivity (Wildman–Crippen MR) is 93.3 cm³/mol. The summed E-state index contributed by atoms with van der Waals surface area (Å²) < 4.78 is 0. The molecule has 0 aliphatic heterocycles. The molecule has 1 aromatic carbocycles. The van der Waals surface area contributed by atoms with E-state index in [1.807, 2.05) is 49.6 Å². The van der Waals surface area contributed by atoms with E-state index in [0.29, 0.717) is 13.1 Å². The van der Waals surface area contributed by atoms with Crippen LogP contribution in [0, 0.1) is 0 Å². The minimum absolute atomic E-state index is 0.0285. The molecule has 23 heavy (non-hydrogen) atoms. The maximum atomic E-state index is 12.3. The Bertz CT molecular complexity index is 626. The van der Waals surface area contributed by atoms with Gasteiger partial charge in [0, 0.05) is 23.5 Å². The smallest absolute Gasteiger partial charge is 0.318 e. The van der Waals surface area contributed by atoms with Crippen molar-refractivity contribution < 1.29 is 9.90 Å². The summed E-state index contributed by atoms with van der Waals surface area (Å²) in [7, 11) is 0. The van der Waals surface area contributed by atoms with Crippen molar-refractivity contribution in [2.45, 2.75) is 39.5 Å². The predicted octanol–water partition coefficient (Wildman–Crippen LogP) is 3.11. The molecule has 6 heteroatoms. The number of benzene rings is 1. The van der Waals surface area contributed by atoms with Gasteiger partial charge in [-0.25, -0.2) is 9.78 Å². The first kappa shape index (κ1) is 17.4. The van der Waals surface area contributed by atoms with Crippen LogP contribution in [0.5, 0.6) is 0 Å². The zero-order valence-electron chi connectivity index (χ0n) is 13.7. The van der Waals surface area contributed by atoms with E-state index in [1.54, 1.807) is 11.8 Å². The summed E-state index contributed by atoms with van der Waals surface area (Å²) in [4.78, 5) is 18.4. The Morgan fingerprint density at radius 1 is 1.30 bits per heavy atom. The molecule has 0 saturated heterocycles. The lowest BCUT2D eigenvalue weighted by molar-refractivity contribution is 0.118. The number of amides is 2. The van der Waals surface area contributed by atoms with Crippen LogP contribution in [-0.4, -0.2) is 39.7 Å². The molecule has 2 aromatic rings. The molecule has 0 fully saturated rings. The number of carbonyl (C=O) groups excluding carboxylic acids is 1. The van der Waals surface area contributed by atoms with E-state index in [-0.39, 0.29) is 12.1 Å². The number of aromatic nitrogens is 1. The first-order valence-electron chi connectivity index (χ1n) is 7.69. The molecule has 1 aromatic heterocycles. The van der Waals surface area contributed by atoms with Crippen molar-refractivity contribution >= 4 is 17.4 Å². The molecule has 0 saturated carbocycles. The number of aliphatic hydroxyl groups excluding tert-OH is 1. The van der Waals surface area contributed by atoms with Crippen molar-refractivity contribution in [1.82, 2.24) is 15.2 Å². The summed E-state index contributed by atoms with van der Waals surface area (Å²) in [5.41, 5.74) is 1.99. The van der Waals surface area contributed by atoms with Gasteiger partial charge < -0.3 is 15.3 Å². The maximum Gasteiger partial charge on any atom is 0.318 e. The summed E-state index contributed by atoms with van der Waals surface area (Å²) in [6, 6.07) is 9.80. The third-order valence-corrected chi connectivity index (χ3v) is 4.21. The molecule has 124 valence electrons. The molecule has 0 spiro atoms. The van der Waals surface area contributed by atoms with Gasteiger partial charge in [-0.1, -0.05) is 30.3 Å². The SMILES string of the molecule is CC(O)CN(C(=O)NCc1nc(-c2ccccc2)cs1)C(C)C. The molecule has 5 nitrogen and oxygen atoms in total. The van der Waals surface area contributed by atoms with Gasteiger partial charge in [-0.15, -0.1) is 11.3 Å². The molecule has 2 amide bonds. The number of hydrogen-bond donors (Lipinski definition) is 2. The van der Waals surface area contributed by atoms with Crippen LogP contribution in [0.2, 0.25) is 0 Å². The molecule has 2 N–H and O–H groups in total. The highest BCUT2D eigenvalue weighted by Crippen LogP contribution is 2.21. The molecule has 0 aliphatic rings. The molecule has 1 atom stereocenters. The molecule has 2 rings (SSSR count). The highest BCUT2D eigenvalue weighted by Gasteiger charge is 2.18. The minimum Gasteiger partial charge on any atom is -0.392 e. The Labute approximate surface area is 141 Å². The Balaban J connectivity index is 1.95. The number of thiazole rings is 1. The largest absolute Gasteiger partial charge is 0.392 e. The monoisotopic (exact) mass is 333 g/mol. The van der Waals surface area contributed by atoms with Crippen LogP contribution in [0.1, 0.15) is 25.8 Å². The minimum atomic E-state index is -0.548. The van der Waals surface area contributed by atoms with E-state index in [9.17, 15) is 9.90 Å². The second kappa shape index (κ2) is 8.08. The fraction of sp³-hybridized carbons (Fsp3) is 0.412. The van der Waals surface area contributed by atoms with Crippen molar-refractivity contribution in [3.8, 4) is 11.3 Å². The average molecular weight is 333 g/mol. The Morgan fingerprint density at radius 2 is 2.00 bits per heavy atom. The fourth-order valence-electron chi connectivity index (χ4n) is 2.20. The summed E-state index contributed by atoms with van der Waals surface area (Å²) in [5, 5.41) is 15.2. The van der Waals surface area contributed by atoms with E-state index >= 15 is 0 Å². The maximum absolute atomic E-state index is 12.3.